The molecule has 96 valence electrons. The number of piperidine rings is 1. The molecule has 0 saturated carbocycles. The zero-order valence-electron chi connectivity index (χ0n) is 10.1. The first-order valence-electron chi connectivity index (χ1n) is 6.02. The van der Waals surface area contributed by atoms with Gasteiger partial charge in [-0.2, -0.15) is 0 Å². The molecule has 3 nitrogen and oxygen atoms in total. The number of carbonyl (C=O) groups is 1. The van der Waals surface area contributed by atoms with Crippen LogP contribution in [0.1, 0.15) is 18.4 Å². The number of amides is 1. The summed E-state index contributed by atoms with van der Waals surface area (Å²) >= 11 is 0. The topological polar surface area (TPSA) is 32.3 Å². The van der Waals surface area contributed by atoms with Crippen LogP contribution in [0.5, 0.6) is 0 Å². The third kappa shape index (κ3) is 1.47. The van der Waals surface area contributed by atoms with Crippen LogP contribution in [0.15, 0.2) is 12.1 Å². The summed E-state index contributed by atoms with van der Waals surface area (Å²) in [6.07, 6.45) is 1.20. The molecule has 1 amide bonds. The van der Waals surface area contributed by atoms with Gasteiger partial charge < -0.3 is 10.2 Å². The van der Waals surface area contributed by atoms with Crippen LogP contribution in [0.25, 0.3) is 0 Å². The number of halogens is 2. The van der Waals surface area contributed by atoms with Gasteiger partial charge in [0.2, 0.25) is 5.91 Å². The van der Waals surface area contributed by atoms with Gasteiger partial charge in [-0.3, -0.25) is 4.79 Å². The Morgan fingerprint density at radius 1 is 1.28 bits per heavy atom. The molecule has 2 aliphatic heterocycles. The molecule has 2 heterocycles. The van der Waals surface area contributed by atoms with Gasteiger partial charge in [-0.15, -0.1) is 0 Å². The summed E-state index contributed by atoms with van der Waals surface area (Å²) in [6.45, 7) is 1.51. The summed E-state index contributed by atoms with van der Waals surface area (Å²) < 4.78 is 27.0. The number of hydrogen-bond acceptors (Lipinski definition) is 2. The maximum Gasteiger partial charge on any atom is 0.235 e. The number of carbonyl (C=O) groups excluding carboxylic acids is 1. The smallest absolute Gasteiger partial charge is 0.235 e. The highest BCUT2D eigenvalue weighted by Crippen LogP contribution is 2.45. The molecule has 18 heavy (non-hydrogen) atoms. The van der Waals surface area contributed by atoms with Crippen molar-refractivity contribution in [3.05, 3.63) is 29.3 Å². The average Bonchev–Trinajstić information content (AvgIpc) is 2.58. The van der Waals surface area contributed by atoms with Crippen LogP contribution in [0, 0.1) is 11.6 Å². The Balaban J connectivity index is 2.11. The van der Waals surface area contributed by atoms with Gasteiger partial charge in [0.15, 0.2) is 0 Å². The van der Waals surface area contributed by atoms with Crippen molar-refractivity contribution in [2.75, 3.05) is 25.5 Å². The molecule has 0 aromatic heterocycles. The van der Waals surface area contributed by atoms with Crippen LogP contribution in [-0.2, 0) is 10.2 Å². The maximum absolute atomic E-state index is 13.7. The van der Waals surface area contributed by atoms with E-state index in [1.807, 2.05) is 7.05 Å². The van der Waals surface area contributed by atoms with E-state index in [1.54, 1.807) is 0 Å². The molecule has 0 unspecified atom stereocenters. The lowest BCUT2D eigenvalue weighted by atomic mass is 9.74. The zero-order valence-corrected chi connectivity index (χ0v) is 10.1. The molecule has 0 bridgehead atoms. The lowest BCUT2D eigenvalue weighted by molar-refractivity contribution is -0.122. The molecule has 0 atom stereocenters. The fourth-order valence-corrected chi connectivity index (χ4v) is 2.93. The molecule has 1 N–H and O–H groups in total. The minimum atomic E-state index is -0.745. The lowest BCUT2D eigenvalue weighted by Gasteiger charge is -2.36. The summed E-state index contributed by atoms with van der Waals surface area (Å²) in [5.41, 5.74) is -0.103. The van der Waals surface area contributed by atoms with Gasteiger partial charge >= 0.3 is 0 Å². The van der Waals surface area contributed by atoms with E-state index in [0.29, 0.717) is 18.4 Å². The molecule has 2 aliphatic rings. The number of rotatable bonds is 0. The van der Waals surface area contributed by atoms with Crippen LogP contribution in [0.3, 0.4) is 0 Å². The molecule has 3 rings (SSSR count). The number of benzene rings is 1. The monoisotopic (exact) mass is 252 g/mol. The second kappa shape index (κ2) is 3.75. The highest BCUT2D eigenvalue weighted by atomic mass is 19.1. The van der Waals surface area contributed by atoms with Gasteiger partial charge in [0.1, 0.15) is 11.6 Å². The molecule has 0 radical (unpaired) electrons. The van der Waals surface area contributed by atoms with Crippen molar-refractivity contribution in [3.63, 3.8) is 0 Å². The summed E-state index contributed by atoms with van der Waals surface area (Å²) in [4.78, 5) is 14.3. The molecular formula is C13H14F2N2O. The van der Waals surface area contributed by atoms with Gasteiger partial charge in [0.25, 0.3) is 0 Å². The third-order valence-electron chi connectivity index (χ3n) is 4.08. The molecule has 1 fully saturated rings. The van der Waals surface area contributed by atoms with Crippen molar-refractivity contribution < 1.29 is 13.6 Å². The van der Waals surface area contributed by atoms with Crippen molar-refractivity contribution >= 4 is 11.6 Å². The van der Waals surface area contributed by atoms with E-state index in [9.17, 15) is 13.6 Å². The fourth-order valence-electron chi connectivity index (χ4n) is 2.93. The quantitative estimate of drug-likeness (QED) is 0.764. The van der Waals surface area contributed by atoms with Gasteiger partial charge in [0, 0.05) is 6.07 Å². The summed E-state index contributed by atoms with van der Waals surface area (Å²) in [5, 5.41) is 2.57. The number of likely N-dealkylation sites (tertiary alicyclic amines) is 1. The maximum atomic E-state index is 13.7. The Labute approximate surface area is 104 Å². The summed E-state index contributed by atoms with van der Waals surface area (Å²) in [6, 6.07) is 2.11. The molecule has 5 heteroatoms. The van der Waals surface area contributed by atoms with E-state index in [1.165, 1.54) is 6.07 Å². The number of fused-ring (bicyclic) bond motifs is 2. The van der Waals surface area contributed by atoms with Gasteiger partial charge in [-0.1, -0.05) is 0 Å². The largest absolute Gasteiger partial charge is 0.323 e. The Hall–Kier alpha value is -1.49. The number of nitrogens with one attached hydrogen (secondary N) is 1. The van der Waals surface area contributed by atoms with E-state index in [4.69, 9.17) is 0 Å². The lowest BCUT2D eigenvalue weighted by Crippen LogP contribution is -2.45. The standard InChI is InChI=1S/C13H14F2N2O/c1-17-4-2-13(3-5-17)9-6-8(14)7-10(15)11(9)16-12(13)18/h6-7H,2-5H2,1H3,(H,16,18). The van der Waals surface area contributed by atoms with Crippen LogP contribution >= 0.6 is 0 Å². The van der Waals surface area contributed by atoms with Crippen molar-refractivity contribution in [2.24, 2.45) is 0 Å². The SMILES string of the molecule is CN1CCC2(CC1)C(=O)Nc1c(F)cc(F)cc12. The minimum Gasteiger partial charge on any atom is -0.323 e. The van der Waals surface area contributed by atoms with Gasteiger partial charge in [0.05, 0.1) is 11.1 Å². The van der Waals surface area contributed by atoms with Crippen molar-refractivity contribution in [1.29, 1.82) is 0 Å². The van der Waals surface area contributed by atoms with Crippen molar-refractivity contribution in [1.82, 2.24) is 4.90 Å². The Morgan fingerprint density at radius 3 is 2.61 bits per heavy atom. The molecule has 0 aliphatic carbocycles. The number of anilines is 1. The third-order valence-corrected chi connectivity index (χ3v) is 4.08. The predicted molar refractivity (Wildman–Crippen MR) is 63.4 cm³/mol. The first-order valence-corrected chi connectivity index (χ1v) is 6.02. The van der Waals surface area contributed by atoms with E-state index in [0.717, 1.165) is 19.2 Å². The zero-order chi connectivity index (χ0) is 12.9. The summed E-state index contributed by atoms with van der Waals surface area (Å²) in [5.74, 6) is -1.51. The normalized spacial score (nSPS) is 22.1. The van der Waals surface area contributed by atoms with Gasteiger partial charge in [-0.25, -0.2) is 8.78 Å². The second-order valence-electron chi connectivity index (χ2n) is 5.15. The van der Waals surface area contributed by atoms with Crippen molar-refractivity contribution in [3.8, 4) is 0 Å². The molecule has 1 aromatic carbocycles. The van der Waals surface area contributed by atoms with E-state index in [-0.39, 0.29) is 11.6 Å². The van der Waals surface area contributed by atoms with E-state index >= 15 is 0 Å². The number of hydrogen-bond donors (Lipinski definition) is 1. The van der Waals surface area contributed by atoms with E-state index < -0.39 is 17.0 Å². The first kappa shape index (κ1) is 11.6. The van der Waals surface area contributed by atoms with E-state index in [2.05, 4.69) is 10.2 Å². The van der Waals surface area contributed by atoms with Crippen LogP contribution < -0.4 is 5.32 Å². The first-order chi connectivity index (χ1) is 8.53. The Bertz CT molecular complexity index is 522. The molecular weight excluding hydrogens is 238 g/mol. The highest BCUT2D eigenvalue weighted by Gasteiger charge is 2.49. The van der Waals surface area contributed by atoms with Gasteiger partial charge in [-0.05, 0) is 44.6 Å². The summed E-state index contributed by atoms with van der Waals surface area (Å²) in [7, 11) is 1.98. The minimum absolute atomic E-state index is 0.158. The molecule has 1 saturated heterocycles. The average molecular weight is 252 g/mol. The second-order valence-corrected chi connectivity index (χ2v) is 5.15. The van der Waals surface area contributed by atoms with Crippen LogP contribution in [0.2, 0.25) is 0 Å². The van der Waals surface area contributed by atoms with Crippen LogP contribution in [0.4, 0.5) is 14.5 Å². The predicted octanol–water partition coefficient (Wildman–Crippen LogP) is 1.88. The molecule has 1 spiro atoms. The Morgan fingerprint density at radius 2 is 1.94 bits per heavy atom. The Kier molecular flexibility index (Phi) is 2.41. The molecule has 1 aromatic rings. The van der Waals surface area contributed by atoms with Crippen molar-refractivity contribution in [2.45, 2.75) is 18.3 Å². The van der Waals surface area contributed by atoms with Crippen LogP contribution in [-0.4, -0.2) is 30.9 Å². The highest BCUT2D eigenvalue weighted by molar-refractivity contribution is 6.06. The fraction of sp³-hybridized carbons (Fsp3) is 0.462. The number of nitrogens with zero attached hydrogens (tertiary/aromatic N) is 1.